The summed E-state index contributed by atoms with van der Waals surface area (Å²) in [5.41, 5.74) is 1.39. The van der Waals surface area contributed by atoms with Gasteiger partial charge in [0.2, 0.25) is 5.89 Å². The number of rotatable bonds is 4. The van der Waals surface area contributed by atoms with Gasteiger partial charge in [0.1, 0.15) is 0 Å². The minimum absolute atomic E-state index is 0.345. The zero-order valence-corrected chi connectivity index (χ0v) is 13.8. The predicted molar refractivity (Wildman–Crippen MR) is 86.8 cm³/mol. The molecule has 6 heteroatoms. The second-order valence-electron chi connectivity index (χ2n) is 6.62. The van der Waals surface area contributed by atoms with Crippen molar-refractivity contribution in [1.82, 2.24) is 15.0 Å². The van der Waals surface area contributed by atoms with Gasteiger partial charge in [-0.3, -0.25) is 0 Å². The van der Waals surface area contributed by atoms with Crippen LogP contribution in [-0.4, -0.2) is 47.8 Å². The lowest BCUT2D eigenvalue weighted by Crippen LogP contribution is -2.46. The topological polar surface area (TPSA) is 68.5 Å². The van der Waals surface area contributed by atoms with Gasteiger partial charge in [-0.15, -0.1) is 0 Å². The van der Waals surface area contributed by atoms with Gasteiger partial charge in [0.05, 0.1) is 19.1 Å². The first-order valence-corrected chi connectivity index (χ1v) is 8.45. The number of esters is 1. The van der Waals surface area contributed by atoms with Crippen LogP contribution in [0.3, 0.4) is 0 Å². The van der Waals surface area contributed by atoms with Crippen LogP contribution >= 0.6 is 0 Å². The van der Waals surface area contributed by atoms with Crippen LogP contribution in [0.2, 0.25) is 0 Å². The van der Waals surface area contributed by atoms with E-state index < -0.39 is 0 Å². The van der Waals surface area contributed by atoms with Crippen LogP contribution in [0.1, 0.15) is 46.4 Å². The van der Waals surface area contributed by atoms with E-state index in [-0.39, 0.29) is 5.97 Å². The van der Waals surface area contributed by atoms with Crippen molar-refractivity contribution in [2.24, 2.45) is 5.92 Å². The first-order valence-electron chi connectivity index (χ1n) is 8.45. The van der Waals surface area contributed by atoms with Gasteiger partial charge in [0.25, 0.3) is 0 Å². The number of carbonyl (C=O) groups excluding carboxylic acids is 1. The third-order valence-corrected chi connectivity index (χ3v) is 5.24. The molecule has 4 heterocycles. The van der Waals surface area contributed by atoms with Crippen LogP contribution in [0.5, 0.6) is 0 Å². The zero-order chi connectivity index (χ0) is 16.5. The number of hydrogen-bond acceptors (Lipinski definition) is 6. The summed E-state index contributed by atoms with van der Waals surface area (Å²) in [5, 5.41) is 4.22. The van der Waals surface area contributed by atoms with Crippen LogP contribution in [0.25, 0.3) is 0 Å². The highest BCUT2D eigenvalue weighted by Gasteiger charge is 2.37. The van der Waals surface area contributed by atoms with Crippen LogP contribution in [0.15, 0.2) is 28.8 Å². The Kier molecular flexibility index (Phi) is 4.06. The Hall–Kier alpha value is -2.21. The molecule has 3 fully saturated rings. The van der Waals surface area contributed by atoms with Crippen LogP contribution < -0.4 is 0 Å². The smallest absolute Gasteiger partial charge is 0.338 e. The Morgan fingerprint density at radius 1 is 1.33 bits per heavy atom. The van der Waals surface area contributed by atoms with Gasteiger partial charge < -0.3 is 14.2 Å². The van der Waals surface area contributed by atoms with Gasteiger partial charge in [-0.25, -0.2) is 4.79 Å². The Balaban J connectivity index is 1.53. The Morgan fingerprint density at radius 3 is 2.83 bits per heavy atom. The van der Waals surface area contributed by atoms with Gasteiger partial charge >= 0.3 is 5.97 Å². The molecule has 2 aromatic rings. The van der Waals surface area contributed by atoms with E-state index in [1.807, 2.05) is 18.2 Å². The number of fused-ring (bicyclic) bond motifs is 3. The van der Waals surface area contributed by atoms with E-state index >= 15 is 0 Å². The zero-order valence-electron chi connectivity index (χ0n) is 13.8. The molecule has 0 radical (unpaired) electrons. The van der Waals surface area contributed by atoms with Gasteiger partial charge in [-0.05, 0) is 43.5 Å². The van der Waals surface area contributed by atoms with Crippen molar-refractivity contribution in [2.75, 3.05) is 26.7 Å². The summed E-state index contributed by atoms with van der Waals surface area (Å²) in [7, 11) is 1.39. The lowest BCUT2D eigenvalue weighted by atomic mass is 9.79. The minimum atomic E-state index is -0.345. The van der Waals surface area contributed by atoms with Crippen LogP contribution in [0.4, 0.5) is 0 Å². The number of methoxy groups -OCH3 is 1. The highest BCUT2D eigenvalue weighted by Crippen LogP contribution is 2.37. The van der Waals surface area contributed by atoms with Crippen molar-refractivity contribution in [3.05, 3.63) is 47.1 Å². The molecule has 126 valence electrons. The van der Waals surface area contributed by atoms with Crippen molar-refractivity contribution < 1.29 is 14.1 Å². The largest absolute Gasteiger partial charge is 0.465 e. The van der Waals surface area contributed by atoms with Crippen molar-refractivity contribution in [3.63, 3.8) is 0 Å². The highest BCUT2D eigenvalue weighted by molar-refractivity contribution is 5.91. The molecule has 1 aromatic carbocycles. The van der Waals surface area contributed by atoms with E-state index in [0.29, 0.717) is 29.7 Å². The fraction of sp³-hybridized carbons (Fsp3) is 0.500. The summed E-state index contributed by atoms with van der Waals surface area (Å²) in [6, 6.07) is 7.37. The van der Waals surface area contributed by atoms with Gasteiger partial charge in [-0.1, -0.05) is 23.4 Å². The molecule has 0 saturated carbocycles. The maximum atomic E-state index is 11.9. The van der Waals surface area contributed by atoms with Gasteiger partial charge in [0.15, 0.2) is 5.82 Å². The molecule has 1 unspecified atom stereocenters. The molecule has 2 bridgehead atoms. The molecular formula is C18H21N3O3. The maximum absolute atomic E-state index is 11.9. The highest BCUT2D eigenvalue weighted by atomic mass is 16.5. The summed E-state index contributed by atoms with van der Waals surface area (Å²) >= 11 is 0. The monoisotopic (exact) mass is 327 g/mol. The van der Waals surface area contributed by atoms with E-state index in [1.165, 1.54) is 33.0 Å². The van der Waals surface area contributed by atoms with E-state index in [2.05, 4.69) is 15.0 Å². The molecule has 1 aromatic heterocycles. The fourth-order valence-electron chi connectivity index (χ4n) is 3.89. The average Bonchev–Trinajstić information content (AvgIpc) is 3.11. The summed E-state index contributed by atoms with van der Waals surface area (Å²) < 4.78 is 10.3. The normalized spacial score (nSPS) is 25.6. The molecule has 6 nitrogen and oxygen atoms in total. The van der Waals surface area contributed by atoms with Crippen molar-refractivity contribution in [1.29, 1.82) is 0 Å². The predicted octanol–water partition coefficient (Wildman–Crippen LogP) is 2.26. The molecule has 24 heavy (non-hydrogen) atoms. The molecular weight excluding hydrogens is 306 g/mol. The van der Waals surface area contributed by atoms with E-state index in [1.54, 1.807) is 6.07 Å². The summed E-state index contributed by atoms with van der Waals surface area (Å²) in [5.74, 6) is 2.07. The summed E-state index contributed by atoms with van der Waals surface area (Å²) in [4.78, 5) is 19.0. The lowest BCUT2D eigenvalue weighted by Gasteiger charge is -2.43. The summed E-state index contributed by atoms with van der Waals surface area (Å²) in [6.45, 7) is 3.42. The molecule has 1 atom stereocenters. The maximum Gasteiger partial charge on any atom is 0.338 e. The second kappa shape index (κ2) is 6.36. The van der Waals surface area contributed by atoms with Crippen molar-refractivity contribution in [2.45, 2.75) is 25.2 Å². The molecule has 3 saturated heterocycles. The number of carbonyl (C=O) groups is 1. The molecule has 0 spiro atoms. The number of ether oxygens (including phenoxy) is 1. The molecule has 0 amide bonds. The number of piperidine rings is 3. The average molecular weight is 327 g/mol. The Morgan fingerprint density at radius 2 is 2.12 bits per heavy atom. The molecule has 5 rings (SSSR count). The number of benzene rings is 1. The Bertz CT molecular complexity index is 735. The Labute approximate surface area is 140 Å². The quantitative estimate of drug-likeness (QED) is 0.802. The second-order valence-corrected chi connectivity index (χ2v) is 6.62. The van der Waals surface area contributed by atoms with Gasteiger partial charge in [-0.2, -0.15) is 4.98 Å². The van der Waals surface area contributed by atoms with E-state index in [0.717, 1.165) is 17.9 Å². The van der Waals surface area contributed by atoms with Gasteiger partial charge in [0, 0.05) is 12.5 Å². The van der Waals surface area contributed by atoms with Crippen LogP contribution in [0, 0.1) is 5.92 Å². The lowest BCUT2D eigenvalue weighted by molar-refractivity contribution is 0.0599. The molecule has 3 aliphatic heterocycles. The minimum Gasteiger partial charge on any atom is -0.465 e. The van der Waals surface area contributed by atoms with E-state index in [4.69, 9.17) is 9.26 Å². The standard InChI is InChI=1S/C18H21N3O3/c1-23-18(22)14-5-3-2-4-13(14)10-16-19-17(20-24-16)15-11-21-8-6-12(15)7-9-21/h2-5,12,15H,6-11H2,1H3. The molecule has 0 aliphatic carbocycles. The van der Waals surface area contributed by atoms with Crippen molar-refractivity contribution in [3.8, 4) is 0 Å². The number of aromatic nitrogens is 2. The number of nitrogens with zero attached hydrogens (tertiary/aromatic N) is 3. The summed E-state index contributed by atoms with van der Waals surface area (Å²) in [6.07, 6.45) is 2.89. The molecule has 0 N–H and O–H groups in total. The van der Waals surface area contributed by atoms with Crippen LogP contribution in [-0.2, 0) is 11.2 Å². The first kappa shape index (κ1) is 15.3. The molecule has 3 aliphatic rings. The SMILES string of the molecule is COC(=O)c1ccccc1Cc1nc(C2CN3CCC2CC3)no1. The fourth-order valence-corrected chi connectivity index (χ4v) is 3.89. The van der Waals surface area contributed by atoms with Crippen molar-refractivity contribution >= 4 is 5.97 Å². The third-order valence-electron chi connectivity index (χ3n) is 5.24. The number of hydrogen-bond donors (Lipinski definition) is 0. The first-order chi connectivity index (χ1) is 11.7. The third kappa shape index (κ3) is 2.82. The van der Waals surface area contributed by atoms with E-state index in [9.17, 15) is 4.79 Å².